The number of benzene rings is 1. The molecule has 0 unspecified atom stereocenters. The summed E-state index contributed by atoms with van der Waals surface area (Å²) in [5.41, 5.74) is -0.0453. The van der Waals surface area contributed by atoms with Crippen molar-refractivity contribution >= 4 is 29.2 Å². The lowest BCUT2D eigenvalue weighted by atomic mass is 10.2. The van der Waals surface area contributed by atoms with Gasteiger partial charge in [-0.15, -0.1) is 0 Å². The third-order valence-corrected chi connectivity index (χ3v) is 1.70. The highest BCUT2D eigenvalue weighted by atomic mass is 35.5. The van der Waals surface area contributed by atoms with Crippen LogP contribution in [0.4, 0.5) is 0 Å². The van der Waals surface area contributed by atoms with Crippen LogP contribution >= 0.6 is 23.2 Å². The van der Waals surface area contributed by atoms with Gasteiger partial charge in [0.05, 0.1) is 10.6 Å². The molecule has 1 rings (SSSR count). The fourth-order valence-corrected chi connectivity index (χ4v) is 1.14. The zero-order valence-corrected chi connectivity index (χ0v) is 6.82. The van der Waals surface area contributed by atoms with E-state index in [1.807, 2.05) is 0 Å². The smallest absolute Gasteiger partial charge is 0.241 e. The Morgan fingerprint density at radius 2 is 1.91 bits per heavy atom. The highest BCUT2D eigenvalue weighted by Crippen LogP contribution is 2.20. The second-order valence-corrected chi connectivity index (χ2v) is 2.76. The first-order valence-corrected chi connectivity index (χ1v) is 3.53. The van der Waals surface area contributed by atoms with E-state index in [0.717, 1.165) is 0 Å². The highest BCUT2D eigenvalue weighted by molar-refractivity contribution is 6.36. The summed E-state index contributed by atoms with van der Waals surface area (Å²) in [4.78, 5) is 10.3. The van der Waals surface area contributed by atoms with Gasteiger partial charge in [0.15, 0.2) is 0 Å². The molecule has 0 atom stereocenters. The van der Waals surface area contributed by atoms with Crippen LogP contribution in [0.3, 0.4) is 0 Å². The molecule has 0 heterocycles. The first kappa shape index (κ1) is 8.37. The maximum Gasteiger partial charge on any atom is 0.387 e. The van der Waals surface area contributed by atoms with Gasteiger partial charge in [-0.1, -0.05) is 23.2 Å². The van der Waals surface area contributed by atoms with Crippen LogP contribution in [0.5, 0.6) is 0 Å². The van der Waals surface area contributed by atoms with Crippen LogP contribution in [0.2, 0.25) is 10.0 Å². The monoisotopic (exact) mass is 189 g/mol. The van der Waals surface area contributed by atoms with Crippen LogP contribution in [0.15, 0.2) is 18.2 Å². The number of hydrogen-bond acceptors (Lipinski definition) is 1. The van der Waals surface area contributed by atoms with Gasteiger partial charge < -0.3 is 0 Å². The van der Waals surface area contributed by atoms with Gasteiger partial charge in [0, 0.05) is 5.02 Å². The van der Waals surface area contributed by atoms with Gasteiger partial charge in [-0.25, -0.2) is 9.90 Å². The summed E-state index contributed by atoms with van der Waals surface area (Å²) in [6, 6.07) is 4.10. The van der Waals surface area contributed by atoms with Crippen LogP contribution < -0.4 is 0 Å². The van der Waals surface area contributed by atoms with Crippen LogP contribution in [0.25, 0.3) is 0 Å². The Balaban J connectivity index is 3.20. The fourth-order valence-electron chi connectivity index (χ4n) is 0.655. The Morgan fingerprint density at radius 3 is 2.36 bits per heavy atom. The first-order chi connectivity index (χ1) is 5.11. The molecule has 4 heteroatoms. The summed E-state index contributed by atoms with van der Waals surface area (Å²) in [5.74, 6) is -1.30. The van der Waals surface area contributed by atoms with E-state index in [1.54, 1.807) is 0 Å². The van der Waals surface area contributed by atoms with Crippen molar-refractivity contribution in [2.24, 2.45) is 0 Å². The second kappa shape index (κ2) is 3.11. The van der Waals surface area contributed by atoms with Gasteiger partial charge in [-0.2, -0.15) is 0 Å². The molecule has 1 radical (unpaired) electrons. The lowest BCUT2D eigenvalue weighted by molar-refractivity contribution is 0.0573. The summed E-state index contributed by atoms with van der Waals surface area (Å²) < 4.78 is 0. The van der Waals surface area contributed by atoms with E-state index >= 15 is 0 Å². The zero-order valence-electron chi connectivity index (χ0n) is 5.30. The molecule has 0 aliphatic carbocycles. The Morgan fingerprint density at radius 1 is 1.27 bits per heavy atom. The molecule has 0 aliphatic heterocycles. The molecule has 0 N–H and O–H groups in total. The standard InChI is InChI=1S/C7H3Cl2O2/c8-4-1-2-5(7(10)11)6(9)3-4/h1-3H. The lowest BCUT2D eigenvalue weighted by Gasteiger charge is -1.95. The Bertz CT molecular complexity index is 296. The Kier molecular flexibility index (Phi) is 2.37. The molecule has 0 spiro atoms. The lowest BCUT2D eigenvalue weighted by Crippen LogP contribution is -1.94. The van der Waals surface area contributed by atoms with Crippen molar-refractivity contribution in [2.75, 3.05) is 0 Å². The topological polar surface area (TPSA) is 37.0 Å². The van der Waals surface area contributed by atoms with Crippen molar-refractivity contribution in [1.29, 1.82) is 0 Å². The van der Waals surface area contributed by atoms with Crippen molar-refractivity contribution in [3.05, 3.63) is 33.8 Å². The van der Waals surface area contributed by atoms with Gasteiger partial charge in [-0.3, -0.25) is 0 Å². The van der Waals surface area contributed by atoms with Gasteiger partial charge in [0.1, 0.15) is 0 Å². The van der Waals surface area contributed by atoms with E-state index in [1.165, 1.54) is 18.2 Å². The van der Waals surface area contributed by atoms with E-state index in [-0.39, 0.29) is 10.6 Å². The molecule has 11 heavy (non-hydrogen) atoms. The minimum Gasteiger partial charge on any atom is -0.241 e. The average molecular weight is 190 g/mol. The predicted molar refractivity (Wildman–Crippen MR) is 41.5 cm³/mol. The largest absolute Gasteiger partial charge is 0.387 e. The van der Waals surface area contributed by atoms with Crippen molar-refractivity contribution in [2.45, 2.75) is 0 Å². The number of carbonyl (C=O) groups is 1. The van der Waals surface area contributed by atoms with E-state index in [4.69, 9.17) is 23.2 Å². The maximum atomic E-state index is 10.3. The normalized spacial score (nSPS) is 9.64. The van der Waals surface area contributed by atoms with Gasteiger partial charge >= 0.3 is 5.97 Å². The molecule has 57 valence electrons. The zero-order chi connectivity index (χ0) is 8.43. The van der Waals surface area contributed by atoms with E-state index in [2.05, 4.69) is 0 Å². The third-order valence-electron chi connectivity index (χ3n) is 1.15. The minimum absolute atomic E-state index is 0.0453. The maximum absolute atomic E-state index is 10.3. The summed E-state index contributed by atoms with van der Waals surface area (Å²) in [6.07, 6.45) is 0. The van der Waals surface area contributed by atoms with E-state index in [9.17, 15) is 9.90 Å². The summed E-state index contributed by atoms with van der Waals surface area (Å²) in [7, 11) is 0. The van der Waals surface area contributed by atoms with E-state index in [0.29, 0.717) is 5.02 Å². The molecule has 2 nitrogen and oxygen atoms in total. The Hall–Kier alpha value is -0.730. The molecule has 0 amide bonds. The summed E-state index contributed by atoms with van der Waals surface area (Å²) >= 11 is 11.0. The van der Waals surface area contributed by atoms with E-state index < -0.39 is 5.97 Å². The summed E-state index contributed by atoms with van der Waals surface area (Å²) in [5, 5.41) is 10.8. The molecule has 0 fully saturated rings. The number of halogens is 2. The molecule has 0 saturated carbocycles. The minimum atomic E-state index is -1.30. The average Bonchev–Trinajstić information content (AvgIpc) is 1.85. The number of carbonyl (C=O) groups excluding carboxylic acids is 1. The molecule has 1 aromatic carbocycles. The fraction of sp³-hybridized carbons (Fsp3) is 0. The van der Waals surface area contributed by atoms with Crippen LogP contribution in [-0.4, -0.2) is 5.97 Å². The molecule has 0 aromatic heterocycles. The van der Waals surface area contributed by atoms with Crippen LogP contribution in [0.1, 0.15) is 10.4 Å². The SMILES string of the molecule is [O]C(=O)c1ccc(Cl)cc1Cl. The number of rotatable bonds is 1. The number of hydrogen-bond donors (Lipinski definition) is 0. The first-order valence-electron chi connectivity index (χ1n) is 2.77. The third kappa shape index (κ3) is 1.85. The van der Waals surface area contributed by atoms with Gasteiger partial charge in [0.2, 0.25) is 0 Å². The van der Waals surface area contributed by atoms with Crippen LogP contribution in [-0.2, 0) is 5.11 Å². The van der Waals surface area contributed by atoms with Crippen molar-refractivity contribution in [3.63, 3.8) is 0 Å². The predicted octanol–water partition coefficient (Wildman–Crippen LogP) is 2.56. The highest BCUT2D eigenvalue weighted by Gasteiger charge is 2.09. The molecular formula is C7H3Cl2O2. The molecule has 1 aromatic rings. The van der Waals surface area contributed by atoms with Gasteiger partial charge in [-0.05, 0) is 18.2 Å². The summed E-state index contributed by atoms with van der Waals surface area (Å²) in [6.45, 7) is 0. The van der Waals surface area contributed by atoms with Crippen molar-refractivity contribution in [3.8, 4) is 0 Å². The molecule has 0 saturated heterocycles. The van der Waals surface area contributed by atoms with Crippen molar-refractivity contribution < 1.29 is 9.90 Å². The molecule has 0 aliphatic rings. The molecule has 0 bridgehead atoms. The second-order valence-electron chi connectivity index (χ2n) is 1.91. The van der Waals surface area contributed by atoms with Gasteiger partial charge in [0.25, 0.3) is 0 Å². The van der Waals surface area contributed by atoms with Crippen LogP contribution in [0, 0.1) is 0 Å². The quantitative estimate of drug-likeness (QED) is 0.670. The Labute approximate surface area is 73.4 Å². The van der Waals surface area contributed by atoms with Crippen molar-refractivity contribution in [1.82, 2.24) is 0 Å². The molecular weight excluding hydrogens is 187 g/mol.